The molecule has 0 saturated heterocycles. The Morgan fingerprint density at radius 1 is 0.395 bits per heavy atom. The van der Waals surface area contributed by atoms with Crippen molar-refractivity contribution >= 4 is 19.8 Å². The van der Waals surface area contributed by atoms with Crippen molar-refractivity contribution in [2.75, 3.05) is 26.4 Å². The molecule has 2 unspecified atom stereocenters. The van der Waals surface area contributed by atoms with Gasteiger partial charge in [0.15, 0.2) is 6.10 Å². The molecule has 0 aliphatic carbocycles. The van der Waals surface area contributed by atoms with Crippen molar-refractivity contribution in [3.05, 3.63) is 60.8 Å². The van der Waals surface area contributed by atoms with Gasteiger partial charge in [-0.3, -0.25) is 18.6 Å². The highest BCUT2D eigenvalue weighted by molar-refractivity contribution is 7.47. The van der Waals surface area contributed by atoms with Crippen LogP contribution in [0.5, 0.6) is 0 Å². The van der Waals surface area contributed by atoms with Crippen molar-refractivity contribution < 1.29 is 37.6 Å². The highest BCUT2D eigenvalue weighted by Crippen LogP contribution is 2.43. The van der Waals surface area contributed by atoms with E-state index in [4.69, 9.17) is 24.3 Å². The Balaban J connectivity index is 3.79. The van der Waals surface area contributed by atoms with E-state index in [1.165, 1.54) is 212 Å². The molecule has 0 rings (SSSR count). The number of allylic oxidation sites excluding steroid dienone is 10. The van der Waals surface area contributed by atoms with Gasteiger partial charge in [0.1, 0.15) is 6.61 Å². The third-order valence-corrected chi connectivity index (χ3v) is 15.1. The molecule has 0 fully saturated rings. The van der Waals surface area contributed by atoms with Crippen LogP contribution in [0.2, 0.25) is 0 Å². The van der Waals surface area contributed by atoms with Crippen LogP contribution in [0.3, 0.4) is 0 Å². The topological polar surface area (TPSA) is 134 Å². The van der Waals surface area contributed by atoms with Crippen molar-refractivity contribution in [3.8, 4) is 0 Å². The minimum absolute atomic E-state index is 0.0516. The van der Waals surface area contributed by atoms with E-state index in [1.807, 2.05) is 0 Å². The summed E-state index contributed by atoms with van der Waals surface area (Å²) in [6.45, 7) is 3.73. The van der Waals surface area contributed by atoms with E-state index in [-0.39, 0.29) is 32.6 Å². The molecule has 0 heterocycles. The van der Waals surface area contributed by atoms with Crippen LogP contribution >= 0.6 is 7.82 Å². The molecule has 0 radical (unpaired) electrons. The van der Waals surface area contributed by atoms with Crippen LogP contribution in [0.15, 0.2) is 60.8 Å². The molecule has 0 aromatic rings. The number of carbonyl (C=O) groups excluding carboxylic acids is 2. The number of phosphoric acid groups is 1. The predicted octanol–water partition coefficient (Wildman–Crippen LogP) is 20.7. The molecule has 0 saturated carbocycles. The SMILES string of the molecule is CCCCCC/C=C\C/C=C\CCCCCCCC(=O)OCC(COP(=O)(O)OCCN)OC(=O)CCCCCCCCCCCCCCCCCCCCCCCCCC/C=C\C/C=C\C/C=C\CCCCCCC. The average Bonchev–Trinajstić information content (AvgIpc) is 3.41. The van der Waals surface area contributed by atoms with Crippen LogP contribution in [-0.4, -0.2) is 49.3 Å². The van der Waals surface area contributed by atoms with E-state index in [9.17, 15) is 19.0 Å². The van der Waals surface area contributed by atoms with Gasteiger partial charge in [-0.25, -0.2) is 4.57 Å². The number of carbonyl (C=O) groups is 2. The summed E-state index contributed by atoms with van der Waals surface area (Å²) >= 11 is 0. The van der Waals surface area contributed by atoms with Gasteiger partial charge in [-0.15, -0.1) is 0 Å². The molecule has 0 aromatic heterocycles. The Kier molecular flexibility index (Phi) is 60.0. The number of hydrogen-bond donors (Lipinski definition) is 2. The Morgan fingerprint density at radius 2 is 0.684 bits per heavy atom. The van der Waals surface area contributed by atoms with E-state index in [0.717, 1.165) is 70.6 Å². The molecule has 10 heteroatoms. The van der Waals surface area contributed by atoms with E-state index >= 15 is 0 Å². The van der Waals surface area contributed by atoms with Crippen LogP contribution in [0.4, 0.5) is 0 Å². The van der Waals surface area contributed by atoms with E-state index in [2.05, 4.69) is 74.6 Å². The van der Waals surface area contributed by atoms with Gasteiger partial charge in [-0.1, -0.05) is 280 Å². The molecule has 3 N–H and O–H groups in total. The Morgan fingerprint density at radius 3 is 1.03 bits per heavy atom. The van der Waals surface area contributed by atoms with Gasteiger partial charge in [0.2, 0.25) is 0 Å². The normalized spacial score (nSPS) is 13.4. The largest absolute Gasteiger partial charge is 0.472 e. The molecule has 0 amide bonds. The quantitative estimate of drug-likeness (QED) is 0.0264. The number of unbranched alkanes of at least 4 members (excludes halogenated alkanes) is 38. The van der Waals surface area contributed by atoms with Gasteiger partial charge in [0.05, 0.1) is 13.2 Å². The molecule has 0 bridgehead atoms. The zero-order chi connectivity index (χ0) is 55.2. The smallest absolute Gasteiger partial charge is 0.462 e. The molecule has 0 aliphatic rings. The second-order valence-electron chi connectivity index (χ2n) is 21.6. The second kappa shape index (κ2) is 61.9. The zero-order valence-electron chi connectivity index (χ0n) is 49.7. The van der Waals surface area contributed by atoms with Gasteiger partial charge in [0, 0.05) is 19.4 Å². The lowest BCUT2D eigenvalue weighted by Gasteiger charge is -2.19. The van der Waals surface area contributed by atoms with Crippen molar-refractivity contribution in [2.45, 2.75) is 322 Å². The summed E-state index contributed by atoms with van der Waals surface area (Å²) in [5, 5.41) is 0. The van der Waals surface area contributed by atoms with Crippen LogP contribution < -0.4 is 5.73 Å². The molecule has 0 aromatic carbocycles. The first-order valence-electron chi connectivity index (χ1n) is 32.3. The maximum absolute atomic E-state index is 12.7. The first-order valence-corrected chi connectivity index (χ1v) is 33.8. The molecular formula is C66H122NO8P. The Hall–Kier alpha value is -2.29. The summed E-state index contributed by atoms with van der Waals surface area (Å²) in [5.41, 5.74) is 5.38. The summed E-state index contributed by atoms with van der Waals surface area (Å²) in [7, 11) is -4.39. The van der Waals surface area contributed by atoms with Crippen molar-refractivity contribution in [2.24, 2.45) is 5.73 Å². The van der Waals surface area contributed by atoms with Crippen molar-refractivity contribution in [1.29, 1.82) is 0 Å². The number of nitrogens with two attached hydrogens (primary N) is 1. The second-order valence-corrected chi connectivity index (χ2v) is 23.1. The fourth-order valence-electron chi connectivity index (χ4n) is 9.32. The first-order chi connectivity index (χ1) is 37.3. The molecule has 76 heavy (non-hydrogen) atoms. The zero-order valence-corrected chi connectivity index (χ0v) is 50.6. The summed E-state index contributed by atoms with van der Waals surface area (Å²) in [4.78, 5) is 35.2. The molecule has 2 atom stereocenters. The monoisotopic (exact) mass is 1090 g/mol. The lowest BCUT2D eigenvalue weighted by atomic mass is 10.0. The van der Waals surface area contributed by atoms with Gasteiger partial charge in [0.25, 0.3) is 0 Å². The Bertz CT molecular complexity index is 1430. The Labute approximate surface area is 469 Å². The van der Waals surface area contributed by atoms with E-state index < -0.39 is 32.5 Å². The third kappa shape index (κ3) is 60.9. The standard InChI is InChI=1S/C66H122NO8P/c1-3-5-7-9-11-13-15-17-19-21-22-23-24-25-26-27-28-29-30-31-32-33-34-35-36-37-38-39-40-41-42-43-45-47-49-51-53-55-57-59-66(69)75-64(63-74-76(70,71)73-61-60-67)62-72-65(68)58-56-54-52-50-48-46-44-20-18-16-14-12-10-8-6-4-2/h14-17,20-22,24-25,44,64H,3-13,18-19,23,26-43,45-63,67H2,1-2H3,(H,70,71)/b16-14-,17-15-,22-21-,25-24-,44-20-. The van der Waals surface area contributed by atoms with Gasteiger partial charge < -0.3 is 20.1 Å². The van der Waals surface area contributed by atoms with Crippen molar-refractivity contribution in [3.63, 3.8) is 0 Å². The summed E-state index contributed by atoms with van der Waals surface area (Å²) in [6.07, 6.45) is 78.9. The van der Waals surface area contributed by atoms with Gasteiger partial charge >= 0.3 is 19.8 Å². The summed E-state index contributed by atoms with van der Waals surface area (Å²) in [6, 6.07) is 0. The van der Waals surface area contributed by atoms with Gasteiger partial charge in [-0.2, -0.15) is 0 Å². The number of ether oxygens (including phenoxy) is 2. The number of hydrogen-bond acceptors (Lipinski definition) is 8. The highest BCUT2D eigenvalue weighted by Gasteiger charge is 2.26. The maximum atomic E-state index is 12.7. The van der Waals surface area contributed by atoms with Crippen molar-refractivity contribution in [1.82, 2.24) is 0 Å². The third-order valence-electron chi connectivity index (χ3n) is 14.1. The molecule has 444 valence electrons. The molecule has 0 aliphatic heterocycles. The van der Waals surface area contributed by atoms with E-state index in [0.29, 0.717) is 6.42 Å². The van der Waals surface area contributed by atoms with Crippen LogP contribution in [0.25, 0.3) is 0 Å². The lowest BCUT2D eigenvalue weighted by Crippen LogP contribution is -2.29. The minimum Gasteiger partial charge on any atom is -0.462 e. The maximum Gasteiger partial charge on any atom is 0.472 e. The summed E-state index contributed by atoms with van der Waals surface area (Å²) < 4.78 is 33.0. The molecule has 0 spiro atoms. The molecular weight excluding hydrogens is 966 g/mol. The molecule has 9 nitrogen and oxygen atoms in total. The number of esters is 2. The number of phosphoric ester groups is 1. The fourth-order valence-corrected chi connectivity index (χ4v) is 10.1. The van der Waals surface area contributed by atoms with Crippen LogP contribution in [0, 0.1) is 0 Å². The number of rotatable bonds is 61. The van der Waals surface area contributed by atoms with Gasteiger partial charge in [-0.05, 0) is 83.5 Å². The minimum atomic E-state index is -4.39. The predicted molar refractivity (Wildman–Crippen MR) is 326 cm³/mol. The van der Waals surface area contributed by atoms with Crippen LogP contribution in [0.1, 0.15) is 316 Å². The summed E-state index contributed by atoms with van der Waals surface area (Å²) in [5.74, 6) is -0.832. The van der Waals surface area contributed by atoms with Crippen LogP contribution in [-0.2, 0) is 32.7 Å². The fraction of sp³-hybridized carbons (Fsp3) is 0.818. The van der Waals surface area contributed by atoms with E-state index in [1.54, 1.807) is 0 Å². The lowest BCUT2D eigenvalue weighted by molar-refractivity contribution is -0.161. The first kappa shape index (κ1) is 73.7. The average molecular weight is 1090 g/mol. The highest BCUT2D eigenvalue weighted by atomic mass is 31.2.